The minimum absolute atomic E-state index is 0.103. The third-order valence-electron chi connectivity index (χ3n) is 4.14. The zero-order chi connectivity index (χ0) is 14.0. The molecule has 0 aromatic heterocycles. The van der Waals surface area contributed by atoms with Crippen LogP contribution in [0, 0.1) is 17.7 Å². The molecule has 1 aromatic rings. The van der Waals surface area contributed by atoms with Crippen molar-refractivity contribution < 1.29 is 12.8 Å². The minimum atomic E-state index is -3.77. The van der Waals surface area contributed by atoms with Crippen molar-refractivity contribution in [2.45, 2.75) is 44.0 Å². The highest BCUT2D eigenvalue weighted by atomic mass is 32.2. The van der Waals surface area contributed by atoms with Gasteiger partial charge < -0.3 is 0 Å². The van der Waals surface area contributed by atoms with Crippen LogP contribution in [0.4, 0.5) is 4.39 Å². The molecule has 0 amide bonds. The smallest absolute Gasteiger partial charge is 0.208 e. The van der Waals surface area contributed by atoms with Crippen LogP contribution in [0.1, 0.15) is 33.1 Å². The van der Waals surface area contributed by atoms with Gasteiger partial charge in [0.05, 0.1) is 0 Å². The first kappa shape index (κ1) is 14.5. The Morgan fingerprint density at radius 2 is 1.89 bits per heavy atom. The number of rotatable bonds is 3. The van der Waals surface area contributed by atoms with Crippen molar-refractivity contribution in [1.82, 2.24) is 4.72 Å². The molecular weight excluding hydrogens is 265 g/mol. The maximum Gasteiger partial charge on any atom is 0.243 e. The van der Waals surface area contributed by atoms with E-state index >= 15 is 0 Å². The second-order valence-electron chi connectivity index (χ2n) is 5.43. The average molecular weight is 285 g/mol. The number of nitrogens with one attached hydrogen (secondary N) is 1. The van der Waals surface area contributed by atoms with E-state index in [2.05, 4.69) is 18.6 Å². The highest BCUT2D eigenvalue weighted by molar-refractivity contribution is 7.89. The monoisotopic (exact) mass is 285 g/mol. The zero-order valence-electron chi connectivity index (χ0n) is 11.3. The molecule has 1 fully saturated rings. The van der Waals surface area contributed by atoms with Gasteiger partial charge in [0.25, 0.3) is 0 Å². The Bertz CT molecular complexity index is 544. The molecule has 0 saturated heterocycles. The summed E-state index contributed by atoms with van der Waals surface area (Å²) in [5, 5.41) is 0. The summed E-state index contributed by atoms with van der Waals surface area (Å²) in [7, 11) is -3.77. The zero-order valence-corrected chi connectivity index (χ0v) is 12.1. The lowest BCUT2D eigenvalue weighted by Crippen LogP contribution is -2.43. The van der Waals surface area contributed by atoms with Gasteiger partial charge in [-0.3, -0.25) is 0 Å². The molecule has 1 aliphatic carbocycles. The molecule has 1 aromatic carbocycles. The fourth-order valence-electron chi connectivity index (χ4n) is 2.67. The van der Waals surface area contributed by atoms with Crippen LogP contribution >= 0.6 is 0 Å². The first-order chi connectivity index (χ1) is 8.92. The van der Waals surface area contributed by atoms with E-state index in [9.17, 15) is 12.8 Å². The van der Waals surface area contributed by atoms with Gasteiger partial charge in [-0.15, -0.1) is 0 Å². The van der Waals surface area contributed by atoms with Crippen LogP contribution in [0.2, 0.25) is 0 Å². The molecular formula is C14H20FNO2S. The summed E-state index contributed by atoms with van der Waals surface area (Å²) in [4.78, 5) is -0.263. The van der Waals surface area contributed by atoms with Crippen molar-refractivity contribution in [3.63, 3.8) is 0 Å². The van der Waals surface area contributed by atoms with Crippen LogP contribution in [-0.2, 0) is 10.0 Å². The Kier molecular flexibility index (Phi) is 4.26. The molecule has 1 saturated carbocycles. The molecule has 1 aliphatic rings. The summed E-state index contributed by atoms with van der Waals surface area (Å²) < 4.78 is 40.7. The lowest BCUT2D eigenvalue weighted by Gasteiger charge is -2.34. The van der Waals surface area contributed by atoms with Crippen LogP contribution in [0.25, 0.3) is 0 Å². The van der Waals surface area contributed by atoms with Crippen LogP contribution in [-0.4, -0.2) is 14.5 Å². The maximum atomic E-state index is 13.6. The number of sulfonamides is 1. The van der Waals surface area contributed by atoms with E-state index in [4.69, 9.17) is 0 Å². The highest BCUT2D eigenvalue weighted by Gasteiger charge is 2.31. The summed E-state index contributed by atoms with van der Waals surface area (Å²) >= 11 is 0. The maximum absolute atomic E-state index is 13.6. The fraction of sp³-hybridized carbons (Fsp3) is 0.571. The van der Waals surface area contributed by atoms with Gasteiger partial charge in [-0.25, -0.2) is 17.5 Å². The Morgan fingerprint density at radius 3 is 2.58 bits per heavy atom. The molecule has 3 nitrogen and oxygen atoms in total. The number of benzene rings is 1. The molecule has 3 unspecified atom stereocenters. The summed E-state index contributed by atoms with van der Waals surface area (Å²) in [6, 6.07) is 5.38. The van der Waals surface area contributed by atoms with Crippen molar-refractivity contribution in [3.8, 4) is 0 Å². The molecule has 0 spiro atoms. The van der Waals surface area contributed by atoms with Crippen molar-refractivity contribution in [3.05, 3.63) is 30.1 Å². The van der Waals surface area contributed by atoms with Crippen molar-refractivity contribution >= 4 is 10.0 Å². The lowest BCUT2D eigenvalue weighted by molar-refractivity contribution is 0.227. The van der Waals surface area contributed by atoms with Gasteiger partial charge in [0.15, 0.2) is 0 Å². The van der Waals surface area contributed by atoms with Gasteiger partial charge in [0.2, 0.25) is 10.0 Å². The quantitative estimate of drug-likeness (QED) is 0.928. The fourth-order valence-corrected chi connectivity index (χ4v) is 4.11. The van der Waals surface area contributed by atoms with E-state index in [0.717, 1.165) is 19.3 Å². The van der Waals surface area contributed by atoms with Gasteiger partial charge in [0, 0.05) is 6.04 Å². The summed E-state index contributed by atoms with van der Waals surface area (Å²) in [5.41, 5.74) is 0. The van der Waals surface area contributed by atoms with E-state index in [1.165, 1.54) is 24.3 Å². The van der Waals surface area contributed by atoms with Crippen LogP contribution in [0.5, 0.6) is 0 Å². The molecule has 0 bridgehead atoms. The summed E-state index contributed by atoms with van der Waals surface area (Å²) in [6.07, 6.45) is 2.95. The van der Waals surface area contributed by atoms with Crippen LogP contribution in [0.15, 0.2) is 29.2 Å². The molecule has 0 heterocycles. The van der Waals surface area contributed by atoms with E-state index in [1.54, 1.807) is 0 Å². The number of hydrogen-bond donors (Lipinski definition) is 1. The van der Waals surface area contributed by atoms with Gasteiger partial charge >= 0.3 is 0 Å². The Hall–Kier alpha value is -0.940. The summed E-state index contributed by atoms with van der Waals surface area (Å²) in [5.74, 6) is 0.0591. The second kappa shape index (κ2) is 5.59. The SMILES string of the molecule is CC1CCCC(NS(=O)(=O)c2ccccc2F)C1C. The Balaban J connectivity index is 2.20. The normalized spacial score (nSPS) is 28.3. The van der Waals surface area contributed by atoms with Crippen LogP contribution in [0.3, 0.4) is 0 Å². The van der Waals surface area contributed by atoms with Gasteiger partial charge in [-0.05, 0) is 30.4 Å². The number of hydrogen-bond acceptors (Lipinski definition) is 2. The number of halogens is 1. The third-order valence-corrected chi connectivity index (χ3v) is 5.66. The third kappa shape index (κ3) is 3.15. The van der Waals surface area contributed by atoms with E-state index < -0.39 is 15.8 Å². The van der Waals surface area contributed by atoms with E-state index in [1.807, 2.05) is 0 Å². The first-order valence-electron chi connectivity index (χ1n) is 6.68. The summed E-state index contributed by atoms with van der Waals surface area (Å²) in [6.45, 7) is 4.19. The predicted molar refractivity (Wildman–Crippen MR) is 72.7 cm³/mol. The second-order valence-corrected chi connectivity index (χ2v) is 7.11. The van der Waals surface area contributed by atoms with Crippen molar-refractivity contribution in [2.75, 3.05) is 0 Å². The molecule has 0 radical (unpaired) electrons. The molecule has 5 heteroatoms. The highest BCUT2D eigenvalue weighted by Crippen LogP contribution is 2.30. The minimum Gasteiger partial charge on any atom is -0.208 e. The van der Waals surface area contributed by atoms with Gasteiger partial charge in [0.1, 0.15) is 10.7 Å². The van der Waals surface area contributed by atoms with Crippen molar-refractivity contribution in [2.24, 2.45) is 11.8 Å². The van der Waals surface area contributed by atoms with Crippen molar-refractivity contribution in [1.29, 1.82) is 0 Å². The molecule has 2 rings (SSSR count). The molecule has 3 atom stereocenters. The van der Waals surface area contributed by atoms with Gasteiger partial charge in [-0.2, -0.15) is 0 Å². The van der Waals surface area contributed by atoms with E-state index in [-0.39, 0.29) is 16.9 Å². The molecule has 0 aliphatic heterocycles. The van der Waals surface area contributed by atoms with Gasteiger partial charge in [-0.1, -0.05) is 38.8 Å². The molecule has 1 N–H and O–H groups in total. The topological polar surface area (TPSA) is 46.2 Å². The largest absolute Gasteiger partial charge is 0.243 e. The lowest BCUT2D eigenvalue weighted by atomic mass is 9.78. The molecule has 19 heavy (non-hydrogen) atoms. The Morgan fingerprint density at radius 1 is 1.21 bits per heavy atom. The van der Waals surface area contributed by atoms with E-state index in [0.29, 0.717) is 5.92 Å². The predicted octanol–water partition coefficient (Wildman–Crippen LogP) is 2.93. The standard InChI is InChI=1S/C14H20FNO2S/c1-10-6-5-8-13(11(10)2)16-19(17,18)14-9-4-3-7-12(14)15/h3-4,7,9-11,13,16H,5-6,8H2,1-2H3. The first-order valence-corrected chi connectivity index (χ1v) is 8.17. The average Bonchev–Trinajstić information content (AvgIpc) is 2.35. The van der Waals surface area contributed by atoms with Crippen LogP contribution < -0.4 is 4.72 Å². The molecule has 106 valence electrons. The Labute approximate surface area is 114 Å².